The van der Waals surface area contributed by atoms with Gasteiger partial charge in [0.1, 0.15) is 0 Å². The van der Waals surface area contributed by atoms with E-state index < -0.39 is 0 Å². The second-order valence-electron chi connectivity index (χ2n) is 3.89. The molecule has 3 N–H and O–H groups in total. The third-order valence-corrected chi connectivity index (χ3v) is 3.45. The minimum atomic E-state index is 1.01. The van der Waals surface area contributed by atoms with E-state index in [4.69, 9.17) is 5.73 Å². The van der Waals surface area contributed by atoms with E-state index in [1.165, 1.54) is 30.6 Å². The Morgan fingerprint density at radius 2 is 2.27 bits per heavy atom. The first-order valence-corrected chi connectivity index (χ1v) is 6.71. The van der Waals surface area contributed by atoms with Gasteiger partial charge in [-0.25, -0.2) is 0 Å². The van der Waals surface area contributed by atoms with E-state index in [1.807, 2.05) is 0 Å². The molecule has 0 fully saturated rings. The summed E-state index contributed by atoms with van der Waals surface area (Å²) in [7, 11) is 0. The molecule has 86 valence electrons. The van der Waals surface area contributed by atoms with E-state index >= 15 is 0 Å². The minimum absolute atomic E-state index is 1.01. The Labute approximate surface area is 97.5 Å². The molecule has 0 aromatic rings. The minimum Gasteiger partial charge on any atom is -0.401 e. The molecule has 0 bridgehead atoms. The summed E-state index contributed by atoms with van der Waals surface area (Å²) >= 11 is 1.68. The zero-order valence-electron chi connectivity index (χ0n) is 9.59. The van der Waals surface area contributed by atoms with Crippen molar-refractivity contribution in [2.24, 2.45) is 5.73 Å². The number of nitrogens with one attached hydrogen (secondary N) is 1. The first-order chi connectivity index (χ1) is 7.34. The molecule has 0 spiro atoms. The molecule has 0 heterocycles. The fourth-order valence-electron chi connectivity index (χ4n) is 1.51. The van der Waals surface area contributed by atoms with Gasteiger partial charge in [-0.2, -0.15) is 0 Å². The average molecular weight is 226 g/mol. The van der Waals surface area contributed by atoms with Gasteiger partial charge < -0.3 is 5.73 Å². The van der Waals surface area contributed by atoms with Gasteiger partial charge in [0.2, 0.25) is 0 Å². The van der Waals surface area contributed by atoms with Crippen molar-refractivity contribution in [3.63, 3.8) is 0 Å². The van der Waals surface area contributed by atoms with Crippen LogP contribution in [-0.2, 0) is 0 Å². The molecule has 1 aliphatic carbocycles. The molecule has 0 aromatic carbocycles. The van der Waals surface area contributed by atoms with Gasteiger partial charge in [-0.1, -0.05) is 32.3 Å². The summed E-state index contributed by atoms with van der Waals surface area (Å²) in [5.41, 5.74) is 6.94. The van der Waals surface area contributed by atoms with Crippen LogP contribution in [0.1, 0.15) is 45.4 Å². The SMILES string of the molecule is CCCCCCNSC1=C(N)CCC=C1. The van der Waals surface area contributed by atoms with E-state index in [1.54, 1.807) is 11.9 Å². The van der Waals surface area contributed by atoms with Crippen LogP contribution in [0.5, 0.6) is 0 Å². The Balaban J connectivity index is 2.07. The lowest BCUT2D eigenvalue weighted by atomic mass is 10.1. The molecule has 0 saturated heterocycles. The number of nitrogens with two attached hydrogens (primary N) is 1. The third kappa shape index (κ3) is 5.28. The van der Waals surface area contributed by atoms with Crippen LogP contribution < -0.4 is 10.5 Å². The van der Waals surface area contributed by atoms with Crippen LogP contribution in [0, 0.1) is 0 Å². The number of unbranched alkanes of at least 4 members (excludes halogenated alkanes) is 3. The summed E-state index contributed by atoms with van der Waals surface area (Å²) in [6.07, 6.45) is 11.7. The topological polar surface area (TPSA) is 38.0 Å². The lowest BCUT2D eigenvalue weighted by Crippen LogP contribution is -2.09. The van der Waals surface area contributed by atoms with Crippen LogP contribution in [0.3, 0.4) is 0 Å². The van der Waals surface area contributed by atoms with Crippen LogP contribution in [0.4, 0.5) is 0 Å². The van der Waals surface area contributed by atoms with Gasteiger partial charge in [-0.05, 0) is 37.3 Å². The van der Waals surface area contributed by atoms with Crippen LogP contribution in [0.2, 0.25) is 0 Å². The molecule has 1 aliphatic rings. The summed E-state index contributed by atoms with van der Waals surface area (Å²) in [6, 6.07) is 0. The van der Waals surface area contributed by atoms with Crippen molar-refractivity contribution in [2.45, 2.75) is 45.4 Å². The van der Waals surface area contributed by atoms with E-state index in [2.05, 4.69) is 23.8 Å². The number of hydrogen-bond donors (Lipinski definition) is 2. The van der Waals surface area contributed by atoms with Gasteiger partial charge in [0.05, 0.1) is 0 Å². The van der Waals surface area contributed by atoms with E-state index in [9.17, 15) is 0 Å². The van der Waals surface area contributed by atoms with Crippen LogP contribution in [0.25, 0.3) is 0 Å². The quantitative estimate of drug-likeness (QED) is 0.516. The largest absolute Gasteiger partial charge is 0.401 e. The molecule has 0 saturated carbocycles. The predicted molar refractivity (Wildman–Crippen MR) is 69.3 cm³/mol. The fraction of sp³-hybridized carbons (Fsp3) is 0.667. The Morgan fingerprint density at radius 1 is 1.40 bits per heavy atom. The van der Waals surface area contributed by atoms with Crippen LogP contribution >= 0.6 is 11.9 Å². The monoisotopic (exact) mass is 226 g/mol. The maximum atomic E-state index is 5.91. The van der Waals surface area contributed by atoms with Gasteiger partial charge in [0.15, 0.2) is 0 Å². The van der Waals surface area contributed by atoms with Crippen LogP contribution in [-0.4, -0.2) is 6.54 Å². The molecule has 0 atom stereocenters. The van der Waals surface area contributed by atoms with Crippen molar-refractivity contribution >= 4 is 11.9 Å². The normalized spacial score (nSPS) is 16.1. The van der Waals surface area contributed by atoms with Gasteiger partial charge in [-0.15, -0.1) is 0 Å². The molecule has 0 amide bonds. The second-order valence-corrected chi connectivity index (χ2v) is 4.82. The molecule has 0 unspecified atom stereocenters. The van der Waals surface area contributed by atoms with Gasteiger partial charge in [0, 0.05) is 17.1 Å². The smallest absolute Gasteiger partial charge is 0.0412 e. The summed E-state index contributed by atoms with van der Waals surface area (Å²) in [5.74, 6) is 0. The number of hydrogen-bond acceptors (Lipinski definition) is 3. The molecular formula is C12H22N2S. The second kappa shape index (κ2) is 7.83. The molecule has 0 aromatic heterocycles. The highest BCUT2D eigenvalue weighted by atomic mass is 32.2. The summed E-state index contributed by atoms with van der Waals surface area (Å²) < 4.78 is 3.37. The molecule has 2 nitrogen and oxygen atoms in total. The summed E-state index contributed by atoms with van der Waals surface area (Å²) in [6.45, 7) is 3.32. The molecule has 3 heteroatoms. The third-order valence-electron chi connectivity index (χ3n) is 2.48. The standard InChI is InChI=1S/C12H22N2S/c1-2-3-4-7-10-14-15-12-9-6-5-8-11(12)13/h6,9,14H,2-5,7-8,10,13H2,1H3. The first kappa shape index (κ1) is 12.7. The highest BCUT2D eigenvalue weighted by molar-refractivity contribution is 8.01. The van der Waals surface area contributed by atoms with Crippen molar-refractivity contribution < 1.29 is 0 Å². The van der Waals surface area contributed by atoms with Crippen molar-refractivity contribution in [2.75, 3.05) is 6.54 Å². The molecule has 0 aliphatic heterocycles. The van der Waals surface area contributed by atoms with E-state index in [-0.39, 0.29) is 0 Å². The molecule has 0 radical (unpaired) electrons. The Morgan fingerprint density at radius 3 is 3.00 bits per heavy atom. The van der Waals surface area contributed by atoms with Crippen molar-refractivity contribution in [1.82, 2.24) is 4.72 Å². The highest BCUT2D eigenvalue weighted by Crippen LogP contribution is 2.22. The van der Waals surface area contributed by atoms with Crippen molar-refractivity contribution in [1.29, 1.82) is 0 Å². The Bertz CT molecular complexity index is 234. The lowest BCUT2D eigenvalue weighted by molar-refractivity contribution is 0.663. The van der Waals surface area contributed by atoms with Crippen molar-refractivity contribution in [3.05, 3.63) is 22.8 Å². The first-order valence-electron chi connectivity index (χ1n) is 5.89. The molecule has 15 heavy (non-hydrogen) atoms. The van der Waals surface area contributed by atoms with Crippen LogP contribution in [0.15, 0.2) is 22.8 Å². The Hall–Kier alpha value is -0.410. The summed E-state index contributed by atoms with van der Waals surface area (Å²) in [4.78, 5) is 1.21. The fourth-order valence-corrected chi connectivity index (χ4v) is 2.31. The van der Waals surface area contributed by atoms with Gasteiger partial charge in [0.25, 0.3) is 0 Å². The highest BCUT2D eigenvalue weighted by Gasteiger charge is 2.04. The van der Waals surface area contributed by atoms with Gasteiger partial charge >= 0.3 is 0 Å². The van der Waals surface area contributed by atoms with Crippen molar-refractivity contribution in [3.8, 4) is 0 Å². The summed E-state index contributed by atoms with van der Waals surface area (Å²) in [5, 5.41) is 0. The number of allylic oxidation sites excluding steroid dienone is 3. The maximum Gasteiger partial charge on any atom is 0.0412 e. The average Bonchev–Trinajstić information content (AvgIpc) is 2.25. The van der Waals surface area contributed by atoms with E-state index in [0.29, 0.717) is 0 Å². The molecule has 1 rings (SSSR count). The molecular weight excluding hydrogens is 204 g/mol. The zero-order chi connectivity index (χ0) is 10.9. The maximum absolute atomic E-state index is 5.91. The Kier molecular flexibility index (Phi) is 6.60. The predicted octanol–water partition coefficient (Wildman–Crippen LogP) is 3.32. The number of rotatable bonds is 7. The lowest BCUT2D eigenvalue weighted by Gasteiger charge is -2.11. The van der Waals surface area contributed by atoms with Gasteiger partial charge in [-0.3, -0.25) is 4.72 Å². The zero-order valence-corrected chi connectivity index (χ0v) is 10.4. The van der Waals surface area contributed by atoms with E-state index in [0.717, 1.165) is 25.1 Å².